The molecule has 2 aromatic heterocycles. The lowest BCUT2D eigenvalue weighted by Crippen LogP contribution is -2.49. The van der Waals surface area contributed by atoms with Crippen LogP contribution in [-0.4, -0.2) is 96.3 Å². The Hall–Kier alpha value is -5.80. The minimum atomic E-state index is -0.541. The van der Waals surface area contributed by atoms with E-state index in [1.165, 1.54) is 24.3 Å². The van der Waals surface area contributed by atoms with Crippen LogP contribution in [0.2, 0.25) is 0 Å². The topological polar surface area (TPSA) is 149 Å². The van der Waals surface area contributed by atoms with Crippen molar-refractivity contribution in [1.82, 2.24) is 19.3 Å². The van der Waals surface area contributed by atoms with Crippen molar-refractivity contribution < 1.29 is 43.7 Å². The van der Waals surface area contributed by atoms with Gasteiger partial charge in [0.1, 0.15) is 12.3 Å². The van der Waals surface area contributed by atoms with Crippen molar-refractivity contribution in [2.75, 3.05) is 54.0 Å². The highest BCUT2D eigenvalue weighted by molar-refractivity contribution is 6.19. The molecule has 2 saturated heterocycles. The molecule has 0 radical (unpaired) electrons. The molecule has 7 heterocycles. The van der Waals surface area contributed by atoms with Crippen LogP contribution in [0.25, 0.3) is 33.0 Å². The summed E-state index contributed by atoms with van der Waals surface area (Å²) >= 11 is 0. The van der Waals surface area contributed by atoms with E-state index in [2.05, 4.69) is 64.7 Å². The first-order chi connectivity index (χ1) is 31.5. The second kappa shape index (κ2) is 16.3. The SMILES string of the molecule is CC[C@]12C=C(C(=O)OC)c3c(CC4Nc5cc(OC)c(OC)c(OC)c5CC4c4c5n(c6ccccc46)[C@H]4N(O)CCC[C@@]4(CC)C=C5C(=O)OC)c4ccccc4n3[C@H]1N(O)CCC2. The number of piperidine rings is 2. The van der Waals surface area contributed by atoms with Gasteiger partial charge in [-0.1, -0.05) is 62.4 Å². The summed E-state index contributed by atoms with van der Waals surface area (Å²) in [5, 5.41) is 32.6. The summed E-state index contributed by atoms with van der Waals surface area (Å²) in [5.74, 6) is 0.288. The van der Waals surface area contributed by atoms with Gasteiger partial charge >= 0.3 is 11.9 Å². The van der Waals surface area contributed by atoms with Crippen LogP contribution in [0.5, 0.6) is 17.2 Å². The summed E-state index contributed by atoms with van der Waals surface area (Å²) in [4.78, 5) is 28.5. The van der Waals surface area contributed by atoms with Gasteiger partial charge in [0, 0.05) is 64.0 Å². The quantitative estimate of drug-likeness (QED) is 0.115. The molecule has 3 aromatic carbocycles. The largest absolute Gasteiger partial charge is 0.493 e. The summed E-state index contributed by atoms with van der Waals surface area (Å²) < 4.78 is 33.6. The van der Waals surface area contributed by atoms with Crippen molar-refractivity contribution in [3.63, 3.8) is 0 Å². The number of esters is 2. The molecule has 5 aromatic rings. The Kier molecular flexibility index (Phi) is 10.8. The van der Waals surface area contributed by atoms with Crippen molar-refractivity contribution in [1.29, 1.82) is 0 Å². The average Bonchev–Trinajstić information content (AvgIpc) is 3.84. The fourth-order valence-electron chi connectivity index (χ4n) is 12.7. The monoisotopic (exact) mass is 885 g/mol. The Balaban J connectivity index is 1.26. The number of nitrogens with one attached hydrogen (secondary N) is 1. The molecule has 6 atom stereocenters. The lowest BCUT2D eigenvalue weighted by atomic mass is 9.70. The highest BCUT2D eigenvalue weighted by Gasteiger charge is 2.52. The maximum absolute atomic E-state index is 14.4. The molecule has 14 heteroatoms. The Bertz CT molecular complexity index is 2810. The fourth-order valence-corrected chi connectivity index (χ4v) is 12.7. The summed E-state index contributed by atoms with van der Waals surface area (Å²) in [6.45, 7) is 5.23. The molecule has 3 N–H and O–H groups in total. The summed E-state index contributed by atoms with van der Waals surface area (Å²) in [5.41, 5.74) is 6.67. The number of hydrogen-bond donors (Lipinski definition) is 3. The van der Waals surface area contributed by atoms with Crippen LogP contribution in [-0.2, 0) is 31.9 Å². The van der Waals surface area contributed by atoms with E-state index in [0.29, 0.717) is 78.6 Å². The number of rotatable bonds is 10. The van der Waals surface area contributed by atoms with E-state index < -0.39 is 35.1 Å². The van der Waals surface area contributed by atoms with E-state index in [9.17, 15) is 20.0 Å². The summed E-state index contributed by atoms with van der Waals surface area (Å²) in [7, 11) is 7.67. The first kappa shape index (κ1) is 43.1. The van der Waals surface area contributed by atoms with Crippen LogP contribution in [0.3, 0.4) is 0 Å². The van der Waals surface area contributed by atoms with E-state index in [1.807, 2.05) is 30.3 Å². The Morgan fingerprint density at radius 2 is 1.26 bits per heavy atom. The molecule has 2 fully saturated rings. The zero-order chi connectivity index (χ0) is 45.5. The molecular weight excluding hydrogens is 827 g/mol. The molecule has 10 rings (SSSR count). The first-order valence-electron chi connectivity index (χ1n) is 22.9. The minimum Gasteiger partial charge on any atom is -0.493 e. The van der Waals surface area contributed by atoms with E-state index in [1.54, 1.807) is 21.3 Å². The van der Waals surface area contributed by atoms with Crippen LogP contribution in [0.4, 0.5) is 5.69 Å². The number of fused-ring (bicyclic) bond motifs is 11. The van der Waals surface area contributed by atoms with Crippen LogP contribution < -0.4 is 19.5 Å². The van der Waals surface area contributed by atoms with Gasteiger partial charge in [-0.25, -0.2) is 9.59 Å². The number of aromatic nitrogens is 2. The van der Waals surface area contributed by atoms with Gasteiger partial charge in [0.25, 0.3) is 0 Å². The van der Waals surface area contributed by atoms with Gasteiger partial charge in [-0.15, -0.1) is 0 Å². The zero-order valence-electron chi connectivity index (χ0n) is 38.3. The normalized spacial score (nSPS) is 26.1. The molecule has 0 saturated carbocycles. The Morgan fingerprint density at radius 1 is 0.723 bits per heavy atom. The van der Waals surface area contributed by atoms with Gasteiger partial charge in [0.15, 0.2) is 11.5 Å². The number of carbonyl (C=O) groups excluding carboxylic acids is 2. The van der Waals surface area contributed by atoms with Crippen LogP contribution >= 0.6 is 0 Å². The lowest BCUT2D eigenvalue weighted by Gasteiger charge is -2.50. The maximum Gasteiger partial charge on any atom is 0.339 e. The van der Waals surface area contributed by atoms with Gasteiger partial charge in [-0.05, 0) is 74.6 Å². The van der Waals surface area contributed by atoms with E-state index in [0.717, 1.165) is 69.9 Å². The zero-order valence-corrected chi connectivity index (χ0v) is 38.3. The number of hydroxylamine groups is 4. The number of para-hydroxylation sites is 2. The van der Waals surface area contributed by atoms with Crippen LogP contribution in [0.1, 0.15) is 98.7 Å². The molecule has 2 unspecified atom stereocenters. The molecule has 5 aliphatic rings. The number of ether oxygens (including phenoxy) is 5. The number of methoxy groups -OCH3 is 5. The smallest absolute Gasteiger partial charge is 0.339 e. The highest BCUT2D eigenvalue weighted by atomic mass is 16.5. The van der Waals surface area contributed by atoms with Crippen LogP contribution in [0.15, 0.2) is 66.7 Å². The van der Waals surface area contributed by atoms with E-state index in [-0.39, 0.29) is 12.0 Å². The molecule has 0 aliphatic carbocycles. The Labute approximate surface area is 378 Å². The lowest BCUT2D eigenvalue weighted by molar-refractivity contribution is -0.203. The number of nitrogens with zero attached hydrogens (tertiary/aromatic N) is 4. The third kappa shape index (κ3) is 6.20. The number of anilines is 1. The number of hydrogen-bond acceptors (Lipinski definition) is 12. The van der Waals surface area contributed by atoms with Crippen molar-refractivity contribution in [3.8, 4) is 17.2 Å². The van der Waals surface area contributed by atoms with Gasteiger partial charge in [-0.2, -0.15) is 10.1 Å². The third-order valence-electron chi connectivity index (χ3n) is 15.6. The average molecular weight is 886 g/mol. The van der Waals surface area contributed by atoms with Crippen molar-refractivity contribution in [3.05, 3.63) is 94.8 Å². The molecule has 0 amide bonds. The van der Waals surface area contributed by atoms with E-state index in [4.69, 9.17) is 23.7 Å². The predicted molar refractivity (Wildman–Crippen MR) is 246 cm³/mol. The van der Waals surface area contributed by atoms with Crippen LogP contribution in [0, 0.1) is 10.8 Å². The fraction of sp³-hybridized carbons (Fsp3) is 0.451. The standard InChI is InChI=1S/C51H59N5O9/c1-8-50-20-14-22-53(59)48(50)55-38-18-12-10-16-29(38)31(42(55)34(27-50)46(57)64-6)25-36-32(24-33-37(52-36)26-40(61-3)45(63-5)44(33)62-4)41-30-17-11-13-19-39(30)56-43(41)35(47(58)65-7)28-51(9-2)21-15-23-54(60)49(51)56/h10-13,16-19,26-28,32,36,48-49,52,59-60H,8-9,14-15,20-25H2,1-7H3/t32?,36?,48-,49-,50+,51+/m1/s1. The molecule has 342 valence electrons. The van der Waals surface area contributed by atoms with E-state index >= 15 is 0 Å². The minimum absolute atomic E-state index is 0.351. The number of carbonyl (C=O) groups is 2. The van der Waals surface area contributed by atoms with Gasteiger partial charge in [-0.3, -0.25) is 0 Å². The predicted octanol–water partition coefficient (Wildman–Crippen LogP) is 8.88. The molecular formula is C51H59N5O9. The van der Waals surface area contributed by atoms with Gasteiger partial charge in [0.2, 0.25) is 5.75 Å². The molecule has 0 spiro atoms. The number of benzene rings is 3. The van der Waals surface area contributed by atoms with Crippen molar-refractivity contribution >= 4 is 50.6 Å². The Morgan fingerprint density at radius 3 is 1.82 bits per heavy atom. The van der Waals surface area contributed by atoms with Crippen molar-refractivity contribution in [2.24, 2.45) is 10.8 Å². The first-order valence-corrected chi connectivity index (χ1v) is 22.9. The molecule has 0 bridgehead atoms. The van der Waals surface area contributed by atoms with Gasteiger partial charge in [0.05, 0.1) is 69.1 Å². The summed E-state index contributed by atoms with van der Waals surface area (Å²) in [6.07, 6.45) is 8.65. The third-order valence-corrected chi connectivity index (χ3v) is 15.6. The highest BCUT2D eigenvalue weighted by Crippen LogP contribution is 2.58. The summed E-state index contributed by atoms with van der Waals surface area (Å²) in [6, 6.07) is 18.0. The second-order valence-corrected chi connectivity index (χ2v) is 18.4. The maximum atomic E-state index is 14.4. The van der Waals surface area contributed by atoms with Crippen molar-refractivity contribution in [2.45, 2.75) is 89.5 Å². The molecule has 65 heavy (non-hydrogen) atoms. The van der Waals surface area contributed by atoms with Gasteiger partial charge < -0.3 is 48.5 Å². The second-order valence-electron chi connectivity index (χ2n) is 18.4. The molecule has 14 nitrogen and oxygen atoms in total. The molecule has 5 aliphatic heterocycles.